The summed E-state index contributed by atoms with van der Waals surface area (Å²) in [7, 11) is 0. The van der Waals surface area contributed by atoms with Gasteiger partial charge in [-0.25, -0.2) is 4.79 Å². The number of aryl methyl sites for hydroxylation is 1. The van der Waals surface area contributed by atoms with Gasteiger partial charge in [-0.05, 0) is 42.3 Å². The number of rotatable bonds is 10. The molecule has 0 unspecified atom stereocenters. The Morgan fingerprint density at radius 1 is 1.18 bits per heavy atom. The molecule has 33 heavy (non-hydrogen) atoms. The molecule has 0 saturated heterocycles. The predicted octanol–water partition coefficient (Wildman–Crippen LogP) is 6.42. The highest BCUT2D eigenvalue weighted by Crippen LogP contribution is 2.39. The van der Waals surface area contributed by atoms with E-state index in [2.05, 4.69) is 0 Å². The van der Waals surface area contributed by atoms with Crippen molar-refractivity contribution in [1.82, 2.24) is 0 Å². The van der Waals surface area contributed by atoms with Crippen LogP contribution >= 0.6 is 11.6 Å². The van der Waals surface area contributed by atoms with E-state index >= 15 is 0 Å². The zero-order valence-corrected chi connectivity index (χ0v) is 18.7. The maximum Gasteiger partial charge on any atom is 0.509 e. The molecule has 1 aliphatic rings. The third kappa shape index (κ3) is 7.08. The van der Waals surface area contributed by atoms with E-state index < -0.39 is 24.5 Å². The summed E-state index contributed by atoms with van der Waals surface area (Å²) in [5, 5.41) is 9.21. The molecule has 6 nitrogen and oxygen atoms in total. The minimum atomic E-state index is -4.21. The molecule has 0 saturated carbocycles. The first-order valence-corrected chi connectivity index (χ1v) is 10.8. The van der Waals surface area contributed by atoms with Crippen LogP contribution in [0.2, 0.25) is 5.02 Å². The molecule has 0 aliphatic carbocycles. The molecule has 1 heterocycles. The van der Waals surface area contributed by atoms with E-state index in [4.69, 9.17) is 35.7 Å². The second kappa shape index (κ2) is 10.4. The van der Waals surface area contributed by atoms with Gasteiger partial charge in [0, 0.05) is 24.8 Å². The van der Waals surface area contributed by atoms with Gasteiger partial charge in [0.25, 0.3) is 5.79 Å². The number of carboxylic acid groups (broad SMARTS) is 1. The Balaban J connectivity index is 1.44. The largest absolute Gasteiger partial charge is 0.509 e. The van der Waals surface area contributed by atoms with Crippen LogP contribution in [-0.4, -0.2) is 36.4 Å². The molecule has 1 atom stereocenters. The van der Waals surface area contributed by atoms with Gasteiger partial charge in [0.15, 0.2) is 0 Å². The summed E-state index contributed by atoms with van der Waals surface area (Å²) in [5.74, 6) is 0.340. The zero-order chi connectivity index (χ0) is 24.1. The van der Waals surface area contributed by atoms with E-state index in [1.165, 1.54) is 6.07 Å². The average molecular weight is 489 g/mol. The Morgan fingerprint density at radius 2 is 1.94 bits per heavy atom. The summed E-state index contributed by atoms with van der Waals surface area (Å²) >= 11 is 6.11. The van der Waals surface area contributed by atoms with Crippen molar-refractivity contribution in [3.8, 4) is 17.2 Å². The molecule has 3 rings (SSSR count). The van der Waals surface area contributed by atoms with Crippen molar-refractivity contribution in [3.63, 3.8) is 0 Å². The Hall–Kier alpha value is -2.81. The fraction of sp³-hybridized carbons (Fsp3) is 0.435. The lowest BCUT2D eigenvalue weighted by atomic mass is 10.1. The van der Waals surface area contributed by atoms with E-state index in [0.717, 1.165) is 5.56 Å². The fourth-order valence-electron chi connectivity index (χ4n) is 3.43. The number of alkyl halides is 3. The Kier molecular flexibility index (Phi) is 7.84. The predicted molar refractivity (Wildman–Crippen MR) is 114 cm³/mol. The number of hydrogen-bond acceptors (Lipinski definition) is 5. The zero-order valence-electron chi connectivity index (χ0n) is 17.9. The lowest BCUT2D eigenvalue weighted by Gasteiger charge is -2.25. The summed E-state index contributed by atoms with van der Waals surface area (Å²) in [6.45, 7) is 2.45. The first-order chi connectivity index (χ1) is 15.6. The maximum atomic E-state index is 12.3. The fourth-order valence-corrected chi connectivity index (χ4v) is 3.69. The summed E-state index contributed by atoms with van der Waals surface area (Å²) in [6.07, 6.45) is -5.43. The van der Waals surface area contributed by atoms with E-state index in [-0.39, 0.29) is 11.4 Å². The van der Waals surface area contributed by atoms with Gasteiger partial charge < -0.3 is 24.1 Å². The molecule has 0 amide bonds. The number of hydrogen-bond donors (Lipinski definition) is 1. The molecule has 2 aromatic carbocycles. The molecule has 0 fully saturated rings. The number of halogens is 4. The van der Waals surface area contributed by atoms with Crippen LogP contribution in [0.25, 0.3) is 0 Å². The highest BCUT2D eigenvalue weighted by atomic mass is 35.5. The van der Waals surface area contributed by atoms with Crippen LogP contribution in [0.4, 0.5) is 18.0 Å². The van der Waals surface area contributed by atoms with Crippen molar-refractivity contribution in [2.45, 2.75) is 51.0 Å². The molecule has 2 aromatic rings. The molecule has 1 aliphatic heterocycles. The molecule has 10 heteroatoms. The highest BCUT2D eigenvalue weighted by molar-refractivity contribution is 6.32. The van der Waals surface area contributed by atoms with E-state index in [9.17, 15) is 18.0 Å². The molecule has 0 aromatic heterocycles. The third-order valence-electron chi connectivity index (χ3n) is 5.11. The average Bonchev–Trinajstić information content (AvgIpc) is 3.10. The third-order valence-corrected chi connectivity index (χ3v) is 5.40. The number of fused-ring (bicyclic) bond motifs is 1. The minimum Gasteiger partial charge on any atom is -0.493 e. The monoisotopic (exact) mass is 488 g/mol. The number of benzene rings is 2. The van der Waals surface area contributed by atoms with Gasteiger partial charge in [0.2, 0.25) is 0 Å². The lowest BCUT2D eigenvalue weighted by molar-refractivity contribution is -0.140. The second-order valence-corrected chi connectivity index (χ2v) is 8.02. The van der Waals surface area contributed by atoms with Crippen LogP contribution in [0.15, 0.2) is 36.4 Å². The van der Waals surface area contributed by atoms with Gasteiger partial charge in [-0.2, -0.15) is 13.2 Å². The van der Waals surface area contributed by atoms with Crippen LogP contribution < -0.4 is 14.2 Å². The summed E-state index contributed by atoms with van der Waals surface area (Å²) in [6, 6.07) is 9.84. The van der Waals surface area contributed by atoms with E-state index in [1.54, 1.807) is 37.3 Å². The van der Waals surface area contributed by atoms with Crippen LogP contribution in [0.3, 0.4) is 0 Å². The molecular formula is C23H24ClF3O6. The summed E-state index contributed by atoms with van der Waals surface area (Å²) in [4.78, 5) is 11.0. The normalized spacial score (nSPS) is 17.2. The lowest BCUT2D eigenvalue weighted by Crippen LogP contribution is -2.38. The van der Waals surface area contributed by atoms with Gasteiger partial charge in [-0.1, -0.05) is 24.6 Å². The van der Waals surface area contributed by atoms with Crippen molar-refractivity contribution in [2.75, 3.05) is 13.2 Å². The van der Waals surface area contributed by atoms with E-state index in [1.807, 2.05) is 0 Å². The van der Waals surface area contributed by atoms with Gasteiger partial charge in [0.05, 0.1) is 24.7 Å². The Bertz CT molecular complexity index is 981. The van der Waals surface area contributed by atoms with Gasteiger partial charge in [0.1, 0.15) is 17.2 Å². The molecule has 0 bridgehead atoms. The molecule has 0 radical (unpaired) electrons. The standard InChI is InChI=1S/C23H24ClF3O6/c1-2-22(33-21(28)29)14-16-13-17(5-7-19(16)32-22)30-10-3-11-31-20-6-4-15(12-18(20)24)8-9-23(25,26)27/h4-7,12-13H,2-3,8-11,14H2,1H3,(H,28,29)/t22-/m0/s1. The molecular weight excluding hydrogens is 465 g/mol. The van der Waals surface area contributed by atoms with Gasteiger partial charge in [-0.15, -0.1) is 0 Å². The van der Waals surface area contributed by atoms with Crippen molar-refractivity contribution in [1.29, 1.82) is 0 Å². The van der Waals surface area contributed by atoms with Gasteiger partial charge >= 0.3 is 12.3 Å². The molecule has 0 spiro atoms. The Morgan fingerprint density at radius 3 is 2.61 bits per heavy atom. The molecule has 180 valence electrons. The summed E-state index contributed by atoms with van der Waals surface area (Å²) < 4.78 is 59.0. The maximum absolute atomic E-state index is 12.3. The van der Waals surface area contributed by atoms with Crippen LogP contribution in [0.5, 0.6) is 17.2 Å². The van der Waals surface area contributed by atoms with Crippen molar-refractivity contribution < 1.29 is 42.0 Å². The quantitative estimate of drug-likeness (QED) is 0.307. The first kappa shape index (κ1) is 24.8. The SMILES string of the molecule is CC[C@]1(OC(=O)O)Cc2cc(OCCCOc3ccc(CCC(F)(F)F)cc3Cl)ccc2O1. The first-order valence-electron chi connectivity index (χ1n) is 10.4. The smallest absolute Gasteiger partial charge is 0.493 e. The van der Waals surface area contributed by atoms with Crippen LogP contribution in [0, 0.1) is 0 Å². The molecule has 1 N–H and O–H groups in total. The van der Waals surface area contributed by atoms with Crippen LogP contribution in [-0.2, 0) is 17.6 Å². The van der Waals surface area contributed by atoms with Crippen molar-refractivity contribution >= 4 is 17.8 Å². The van der Waals surface area contributed by atoms with E-state index in [0.29, 0.717) is 55.3 Å². The second-order valence-electron chi connectivity index (χ2n) is 7.61. The van der Waals surface area contributed by atoms with Gasteiger partial charge in [-0.3, -0.25) is 0 Å². The number of carbonyl (C=O) groups is 1. The summed E-state index contributed by atoms with van der Waals surface area (Å²) in [5.41, 5.74) is 1.29. The van der Waals surface area contributed by atoms with Crippen LogP contribution in [0.1, 0.15) is 37.3 Å². The topological polar surface area (TPSA) is 74.2 Å². The minimum absolute atomic E-state index is 0.134. The van der Waals surface area contributed by atoms with Crippen molar-refractivity contribution in [2.24, 2.45) is 0 Å². The number of ether oxygens (including phenoxy) is 4. The Labute approximate surface area is 194 Å². The van der Waals surface area contributed by atoms with Crippen molar-refractivity contribution in [3.05, 3.63) is 52.5 Å². The highest BCUT2D eigenvalue weighted by Gasteiger charge is 2.42.